The fourth-order valence-corrected chi connectivity index (χ4v) is 3.97. The molecule has 2 aromatic rings. The molecule has 0 spiro atoms. The van der Waals surface area contributed by atoms with Crippen LogP contribution in [0.5, 0.6) is 5.75 Å². The van der Waals surface area contributed by atoms with Crippen LogP contribution in [0.3, 0.4) is 0 Å². The second-order valence-corrected chi connectivity index (χ2v) is 7.06. The molecule has 3 rings (SSSR count). The van der Waals surface area contributed by atoms with Crippen molar-refractivity contribution in [2.45, 2.75) is 31.8 Å². The molecule has 1 fully saturated rings. The Kier molecular flexibility index (Phi) is 4.57. The van der Waals surface area contributed by atoms with Gasteiger partial charge in [0, 0.05) is 23.9 Å². The van der Waals surface area contributed by atoms with Crippen LogP contribution in [0.25, 0.3) is 0 Å². The Morgan fingerprint density at radius 1 is 1.38 bits per heavy atom. The van der Waals surface area contributed by atoms with E-state index in [0.29, 0.717) is 18.4 Å². The van der Waals surface area contributed by atoms with Crippen molar-refractivity contribution in [3.05, 3.63) is 51.7 Å². The monoisotopic (exact) mass is 344 g/mol. The molecule has 2 heterocycles. The summed E-state index contributed by atoms with van der Waals surface area (Å²) < 4.78 is 0. The Bertz CT molecular complexity index is 758. The number of phenols is 1. The van der Waals surface area contributed by atoms with Crippen LogP contribution in [-0.4, -0.2) is 34.9 Å². The molecule has 1 aromatic heterocycles. The highest BCUT2D eigenvalue weighted by molar-refractivity contribution is 7.10. The zero-order valence-corrected chi connectivity index (χ0v) is 14.5. The van der Waals surface area contributed by atoms with Gasteiger partial charge in [-0.05, 0) is 42.5 Å². The number of piperidine rings is 1. The minimum atomic E-state index is -0.236. The molecule has 24 heavy (non-hydrogen) atoms. The first-order chi connectivity index (χ1) is 11.5. The average Bonchev–Trinajstić information content (AvgIpc) is 3.07. The van der Waals surface area contributed by atoms with Gasteiger partial charge >= 0.3 is 0 Å². The van der Waals surface area contributed by atoms with Gasteiger partial charge in [0.2, 0.25) is 5.91 Å². The van der Waals surface area contributed by atoms with Crippen molar-refractivity contribution in [2.75, 3.05) is 7.05 Å². The smallest absolute Gasteiger partial charge is 0.251 e. The third-order valence-corrected chi connectivity index (χ3v) is 5.43. The van der Waals surface area contributed by atoms with Gasteiger partial charge in [0.25, 0.3) is 5.91 Å². The topological polar surface area (TPSA) is 69.6 Å². The molecule has 1 saturated heterocycles. The van der Waals surface area contributed by atoms with Crippen LogP contribution in [-0.2, 0) is 4.79 Å². The number of nitrogens with one attached hydrogen (secondary N) is 1. The van der Waals surface area contributed by atoms with E-state index in [1.54, 1.807) is 42.3 Å². The molecule has 2 N–H and O–H groups in total. The van der Waals surface area contributed by atoms with Crippen molar-refractivity contribution in [1.82, 2.24) is 10.2 Å². The number of rotatable bonds is 3. The highest BCUT2D eigenvalue weighted by atomic mass is 32.1. The summed E-state index contributed by atoms with van der Waals surface area (Å²) in [7, 11) is 1.78. The lowest BCUT2D eigenvalue weighted by Crippen LogP contribution is -2.50. The van der Waals surface area contributed by atoms with Gasteiger partial charge in [0.15, 0.2) is 0 Å². The molecule has 0 saturated carbocycles. The fourth-order valence-electron chi connectivity index (χ4n) is 3.04. The van der Waals surface area contributed by atoms with Crippen molar-refractivity contribution >= 4 is 23.2 Å². The number of aromatic hydroxyl groups is 1. The van der Waals surface area contributed by atoms with Crippen LogP contribution in [0, 0.1) is 6.92 Å². The minimum absolute atomic E-state index is 0.0897. The van der Waals surface area contributed by atoms with Gasteiger partial charge in [0.05, 0.1) is 12.1 Å². The van der Waals surface area contributed by atoms with E-state index in [1.807, 2.05) is 17.5 Å². The first-order valence-corrected chi connectivity index (χ1v) is 8.75. The molecule has 2 atom stereocenters. The van der Waals surface area contributed by atoms with Crippen LogP contribution in [0.2, 0.25) is 0 Å². The molecule has 1 aliphatic heterocycles. The van der Waals surface area contributed by atoms with Crippen molar-refractivity contribution in [3.63, 3.8) is 0 Å². The van der Waals surface area contributed by atoms with E-state index in [0.717, 1.165) is 10.4 Å². The Morgan fingerprint density at radius 2 is 2.17 bits per heavy atom. The lowest BCUT2D eigenvalue weighted by atomic mass is 9.94. The summed E-state index contributed by atoms with van der Waals surface area (Å²) in [5.41, 5.74) is 1.15. The molecule has 0 radical (unpaired) electrons. The highest BCUT2D eigenvalue weighted by Crippen LogP contribution is 2.33. The molecule has 6 heteroatoms. The van der Waals surface area contributed by atoms with Gasteiger partial charge in [0.1, 0.15) is 5.75 Å². The van der Waals surface area contributed by atoms with Crippen LogP contribution in [0.15, 0.2) is 35.7 Å². The third-order valence-electron chi connectivity index (χ3n) is 4.48. The van der Waals surface area contributed by atoms with Gasteiger partial charge < -0.3 is 15.3 Å². The van der Waals surface area contributed by atoms with Gasteiger partial charge in [-0.1, -0.05) is 12.1 Å². The van der Waals surface area contributed by atoms with Gasteiger partial charge in [-0.25, -0.2) is 0 Å². The number of hydrogen-bond acceptors (Lipinski definition) is 4. The van der Waals surface area contributed by atoms with E-state index in [4.69, 9.17) is 0 Å². The molecule has 5 nitrogen and oxygen atoms in total. The maximum atomic E-state index is 12.6. The maximum absolute atomic E-state index is 12.6. The number of carbonyl (C=O) groups excluding carboxylic acids is 2. The summed E-state index contributed by atoms with van der Waals surface area (Å²) >= 11 is 1.58. The number of benzene rings is 1. The lowest BCUT2D eigenvalue weighted by Gasteiger charge is -2.38. The molecule has 0 unspecified atom stereocenters. The molecule has 0 aliphatic carbocycles. The van der Waals surface area contributed by atoms with Gasteiger partial charge in [-0.2, -0.15) is 0 Å². The fraction of sp³-hybridized carbons (Fsp3) is 0.333. The van der Waals surface area contributed by atoms with Crippen molar-refractivity contribution < 1.29 is 14.7 Å². The Labute approximate surface area is 144 Å². The second-order valence-electron chi connectivity index (χ2n) is 6.08. The molecule has 0 bridgehead atoms. The highest BCUT2D eigenvalue weighted by Gasteiger charge is 2.36. The van der Waals surface area contributed by atoms with E-state index >= 15 is 0 Å². The van der Waals surface area contributed by atoms with Crippen LogP contribution >= 0.6 is 11.3 Å². The SMILES string of the molecule is Cc1ccc(C(=O)N[C@@H]2CCC(=O)N(C)[C@H]2c2cccs2)cc1O. The van der Waals surface area contributed by atoms with Gasteiger partial charge in [-0.15, -0.1) is 11.3 Å². The second kappa shape index (κ2) is 6.65. The number of likely N-dealkylation sites (tertiary alicyclic amines) is 1. The molecular formula is C18H20N2O3S. The lowest BCUT2D eigenvalue weighted by molar-refractivity contribution is -0.135. The van der Waals surface area contributed by atoms with Crippen molar-refractivity contribution in [3.8, 4) is 5.75 Å². The average molecular weight is 344 g/mol. The molecular weight excluding hydrogens is 324 g/mol. The zero-order chi connectivity index (χ0) is 17.3. The Morgan fingerprint density at radius 3 is 2.83 bits per heavy atom. The van der Waals surface area contributed by atoms with E-state index in [9.17, 15) is 14.7 Å². The number of nitrogens with zero attached hydrogens (tertiary/aromatic N) is 1. The number of aryl methyl sites for hydroxylation is 1. The number of phenolic OH excluding ortho intramolecular Hbond substituents is 1. The number of hydrogen-bond donors (Lipinski definition) is 2. The summed E-state index contributed by atoms with van der Waals surface area (Å²) in [6.45, 7) is 1.78. The van der Waals surface area contributed by atoms with E-state index in [1.165, 1.54) is 6.07 Å². The summed E-state index contributed by atoms with van der Waals surface area (Å²) in [5.74, 6) is -0.0418. The van der Waals surface area contributed by atoms with Crippen LogP contribution in [0.1, 0.15) is 39.7 Å². The zero-order valence-electron chi connectivity index (χ0n) is 13.7. The number of carbonyl (C=O) groups is 2. The first-order valence-electron chi connectivity index (χ1n) is 7.87. The quantitative estimate of drug-likeness (QED) is 0.899. The van der Waals surface area contributed by atoms with Crippen LogP contribution in [0.4, 0.5) is 0 Å². The number of thiophene rings is 1. The summed E-state index contributed by atoms with van der Waals surface area (Å²) in [4.78, 5) is 27.4. The molecule has 126 valence electrons. The summed E-state index contributed by atoms with van der Waals surface area (Å²) in [6, 6.07) is 8.52. The largest absolute Gasteiger partial charge is 0.508 e. The summed E-state index contributed by atoms with van der Waals surface area (Å²) in [5, 5.41) is 14.8. The third kappa shape index (κ3) is 3.14. The standard InChI is InChI=1S/C18H20N2O3S/c1-11-5-6-12(10-14(11)21)18(23)19-13-7-8-16(22)20(2)17(13)15-4-3-9-24-15/h3-6,9-10,13,17,21H,7-8H2,1-2H3,(H,19,23)/t13-,17-/m1/s1. The molecule has 1 aliphatic rings. The predicted molar refractivity (Wildman–Crippen MR) is 93.2 cm³/mol. The minimum Gasteiger partial charge on any atom is -0.508 e. The van der Waals surface area contributed by atoms with Gasteiger partial charge in [-0.3, -0.25) is 9.59 Å². The van der Waals surface area contributed by atoms with Crippen LogP contribution < -0.4 is 5.32 Å². The Hall–Kier alpha value is -2.34. The van der Waals surface area contributed by atoms with Crippen molar-refractivity contribution in [2.24, 2.45) is 0 Å². The maximum Gasteiger partial charge on any atom is 0.251 e. The molecule has 2 amide bonds. The first kappa shape index (κ1) is 16.5. The normalized spacial score (nSPS) is 20.9. The summed E-state index contributed by atoms with van der Waals surface area (Å²) in [6.07, 6.45) is 1.03. The Balaban J connectivity index is 1.82. The van der Waals surface area contributed by atoms with E-state index in [2.05, 4.69) is 5.32 Å². The van der Waals surface area contributed by atoms with E-state index in [-0.39, 0.29) is 29.6 Å². The van der Waals surface area contributed by atoms with Crippen molar-refractivity contribution in [1.29, 1.82) is 0 Å². The number of amides is 2. The predicted octanol–water partition coefficient (Wildman–Crippen LogP) is 2.85. The number of likely N-dealkylation sites (N-methyl/N-ethyl adjacent to an activating group) is 1. The van der Waals surface area contributed by atoms with E-state index < -0.39 is 0 Å². The molecule has 1 aromatic carbocycles.